The lowest BCUT2D eigenvalue weighted by Gasteiger charge is -2.04. The second-order valence-electron chi connectivity index (χ2n) is 3.63. The average Bonchev–Trinajstić information content (AvgIpc) is 2.27. The summed E-state index contributed by atoms with van der Waals surface area (Å²) in [6, 6.07) is 5.47. The lowest BCUT2D eigenvalue weighted by Crippen LogP contribution is -1.94. The van der Waals surface area contributed by atoms with Gasteiger partial charge in [-0.25, -0.2) is 4.21 Å². The van der Waals surface area contributed by atoms with Gasteiger partial charge in [0.1, 0.15) is 5.75 Å². The summed E-state index contributed by atoms with van der Waals surface area (Å²) < 4.78 is 24.4. The van der Waals surface area contributed by atoms with E-state index in [4.69, 9.17) is 0 Å². The molecule has 0 radical (unpaired) electrons. The highest BCUT2D eigenvalue weighted by atomic mass is 32.2. The van der Waals surface area contributed by atoms with Gasteiger partial charge in [-0.3, -0.25) is 4.18 Å². The topological polar surface area (TPSA) is 69.6 Å². The van der Waals surface area contributed by atoms with Crippen LogP contribution in [-0.4, -0.2) is 20.5 Å². The Morgan fingerprint density at radius 3 is 2.94 bits per heavy atom. The fraction of sp³-hybridized carbons (Fsp3) is 0.333. The van der Waals surface area contributed by atoms with Crippen molar-refractivity contribution in [3.63, 3.8) is 0 Å². The number of benzene rings is 1. The minimum Gasteiger partial charge on any atom is -0.750 e. The highest BCUT2D eigenvalue weighted by Crippen LogP contribution is 2.19. The molecule has 0 spiro atoms. The van der Waals surface area contributed by atoms with E-state index in [0.29, 0.717) is 12.2 Å². The van der Waals surface area contributed by atoms with Crippen LogP contribution in [-0.2, 0) is 22.0 Å². The third-order valence-corrected chi connectivity index (χ3v) is 2.57. The maximum Gasteiger partial charge on any atom is 0.118 e. The van der Waals surface area contributed by atoms with Crippen molar-refractivity contribution in [1.82, 2.24) is 0 Å². The Bertz CT molecular complexity index is 415. The quantitative estimate of drug-likeness (QED) is 0.623. The molecule has 0 aliphatic carbocycles. The standard InChI is InChI=1S/C12H16O4S/c1-10-6-7-12(13)11(9-10)5-3-2-4-8-16-17(14)15/h2,4,6-7,9,13H,3,5,8H2,1H3,(H,14,15)/p-1/b4-2-. The first kappa shape index (κ1) is 13.9. The van der Waals surface area contributed by atoms with Gasteiger partial charge in [-0.05, 0) is 31.4 Å². The fourth-order valence-corrected chi connectivity index (χ4v) is 1.62. The molecule has 1 aromatic rings. The molecule has 5 heteroatoms. The Hall–Kier alpha value is -1.17. The maximum atomic E-state index is 10.0. The number of hydrogen-bond acceptors (Lipinski definition) is 4. The van der Waals surface area contributed by atoms with Crippen LogP contribution in [0.3, 0.4) is 0 Å². The van der Waals surface area contributed by atoms with Crippen LogP contribution in [0, 0.1) is 6.92 Å². The van der Waals surface area contributed by atoms with Gasteiger partial charge in [-0.15, -0.1) is 0 Å². The second kappa shape index (κ2) is 7.21. The van der Waals surface area contributed by atoms with E-state index < -0.39 is 11.4 Å². The molecule has 0 fully saturated rings. The van der Waals surface area contributed by atoms with Gasteiger partial charge in [0.25, 0.3) is 0 Å². The lowest BCUT2D eigenvalue weighted by atomic mass is 10.1. The molecule has 0 saturated carbocycles. The van der Waals surface area contributed by atoms with Crippen molar-refractivity contribution in [2.75, 3.05) is 6.61 Å². The van der Waals surface area contributed by atoms with Crippen molar-refractivity contribution < 1.29 is 18.1 Å². The molecule has 0 aliphatic rings. The fourth-order valence-electron chi connectivity index (χ4n) is 1.43. The molecular formula is C12H15O4S-. The third-order valence-electron chi connectivity index (χ3n) is 2.24. The van der Waals surface area contributed by atoms with Crippen LogP contribution in [0.5, 0.6) is 5.75 Å². The first-order valence-corrected chi connectivity index (χ1v) is 6.25. The molecule has 1 aromatic carbocycles. The van der Waals surface area contributed by atoms with E-state index in [1.165, 1.54) is 0 Å². The van der Waals surface area contributed by atoms with Crippen LogP contribution in [0.4, 0.5) is 0 Å². The average molecular weight is 255 g/mol. The van der Waals surface area contributed by atoms with Gasteiger partial charge in [-0.2, -0.15) is 0 Å². The summed E-state index contributed by atoms with van der Waals surface area (Å²) in [5.41, 5.74) is 2.00. The predicted molar refractivity (Wildman–Crippen MR) is 65.2 cm³/mol. The maximum absolute atomic E-state index is 10.0. The first-order valence-electron chi connectivity index (χ1n) is 5.25. The van der Waals surface area contributed by atoms with E-state index in [0.717, 1.165) is 17.5 Å². The summed E-state index contributed by atoms with van der Waals surface area (Å²) in [6.07, 6.45) is 4.91. The van der Waals surface area contributed by atoms with E-state index in [-0.39, 0.29) is 6.61 Å². The third kappa shape index (κ3) is 5.63. The Labute approximate surface area is 103 Å². The van der Waals surface area contributed by atoms with Crippen LogP contribution < -0.4 is 0 Å². The summed E-state index contributed by atoms with van der Waals surface area (Å²) >= 11 is -2.45. The molecule has 0 aromatic heterocycles. The molecular weight excluding hydrogens is 240 g/mol. The Morgan fingerprint density at radius 1 is 1.47 bits per heavy atom. The van der Waals surface area contributed by atoms with Crippen molar-refractivity contribution >= 4 is 11.4 Å². The lowest BCUT2D eigenvalue weighted by molar-refractivity contribution is 0.334. The van der Waals surface area contributed by atoms with Crippen LogP contribution in [0.2, 0.25) is 0 Å². The highest BCUT2D eigenvalue weighted by molar-refractivity contribution is 7.74. The predicted octanol–water partition coefficient (Wildman–Crippen LogP) is 2.00. The zero-order valence-corrected chi connectivity index (χ0v) is 10.4. The van der Waals surface area contributed by atoms with E-state index >= 15 is 0 Å². The molecule has 0 aliphatic heterocycles. The van der Waals surface area contributed by atoms with Gasteiger partial charge < -0.3 is 9.66 Å². The molecule has 0 heterocycles. The SMILES string of the molecule is Cc1ccc(O)c(CC/C=C\COS(=O)[O-])c1. The van der Waals surface area contributed by atoms with E-state index in [1.54, 1.807) is 12.1 Å². The van der Waals surface area contributed by atoms with Crippen molar-refractivity contribution in [3.05, 3.63) is 41.5 Å². The second-order valence-corrected chi connectivity index (χ2v) is 4.27. The molecule has 94 valence electrons. The summed E-state index contributed by atoms with van der Waals surface area (Å²) in [7, 11) is 0. The minimum atomic E-state index is -2.45. The molecule has 4 nitrogen and oxygen atoms in total. The first-order chi connectivity index (χ1) is 8.09. The van der Waals surface area contributed by atoms with E-state index in [9.17, 15) is 13.9 Å². The van der Waals surface area contributed by atoms with Gasteiger partial charge in [-0.1, -0.05) is 29.8 Å². The highest BCUT2D eigenvalue weighted by Gasteiger charge is 1.99. The van der Waals surface area contributed by atoms with E-state index in [2.05, 4.69) is 4.18 Å². The number of rotatable bonds is 6. The van der Waals surface area contributed by atoms with Crippen LogP contribution in [0.1, 0.15) is 17.5 Å². The van der Waals surface area contributed by atoms with Crippen LogP contribution in [0.25, 0.3) is 0 Å². The van der Waals surface area contributed by atoms with Crippen LogP contribution in [0.15, 0.2) is 30.4 Å². The largest absolute Gasteiger partial charge is 0.750 e. The number of aryl methyl sites for hydroxylation is 2. The van der Waals surface area contributed by atoms with Crippen molar-refractivity contribution in [2.45, 2.75) is 19.8 Å². The number of phenols is 1. The van der Waals surface area contributed by atoms with Crippen molar-refractivity contribution in [1.29, 1.82) is 0 Å². The van der Waals surface area contributed by atoms with Gasteiger partial charge in [0.05, 0.1) is 18.0 Å². The Balaban J connectivity index is 2.35. The zero-order valence-electron chi connectivity index (χ0n) is 9.59. The number of phenolic OH excluding ortho intramolecular Hbond substituents is 1. The van der Waals surface area contributed by atoms with Crippen molar-refractivity contribution in [3.8, 4) is 5.75 Å². The summed E-state index contributed by atoms with van der Waals surface area (Å²) in [4.78, 5) is 0. The minimum absolute atomic E-state index is 0.0515. The van der Waals surface area contributed by atoms with Gasteiger partial charge in [0, 0.05) is 0 Å². The van der Waals surface area contributed by atoms with E-state index in [1.807, 2.05) is 25.1 Å². The van der Waals surface area contributed by atoms with Gasteiger partial charge >= 0.3 is 0 Å². The summed E-state index contributed by atoms with van der Waals surface area (Å²) in [5.74, 6) is 0.293. The molecule has 1 atom stereocenters. The van der Waals surface area contributed by atoms with Gasteiger partial charge in [0.15, 0.2) is 0 Å². The van der Waals surface area contributed by atoms with Crippen LogP contribution >= 0.6 is 0 Å². The summed E-state index contributed by atoms with van der Waals surface area (Å²) in [6.45, 7) is 2.02. The van der Waals surface area contributed by atoms with Crippen molar-refractivity contribution in [2.24, 2.45) is 0 Å². The molecule has 0 amide bonds. The monoisotopic (exact) mass is 255 g/mol. The Morgan fingerprint density at radius 2 is 2.24 bits per heavy atom. The Kier molecular flexibility index (Phi) is 5.90. The molecule has 0 saturated heterocycles. The molecule has 17 heavy (non-hydrogen) atoms. The number of allylic oxidation sites excluding steroid dienone is 1. The number of hydrogen-bond donors (Lipinski definition) is 1. The molecule has 0 bridgehead atoms. The summed E-state index contributed by atoms with van der Waals surface area (Å²) in [5, 5.41) is 9.58. The molecule has 1 rings (SSSR count). The molecule has 1 N–H and O–H groups in total. The smallest absolute Gasteiger partial charge is 0.118 e. The normalized spacial score (nSPS) is 13.1. The zero-order chi connectivity index (χ0) is 12.7. The number of aromatic hydroxyl groups is 1. The van der Waals surface area contributed by atoms with Gasteiger partial charge in [0.2, 0.25) is 0 Å². The molecule has 1 unspecified atom stereocenters.